The van der Waals surface area contributed by atoms with Gasteiger partial charge in [-0.3, -0.25) is 28.8 Å². The Morgan fingerprint density at radius 3 is 1.98 bits per heavy atom. The van der Waals surface area contributed by atoms with Gasteiger partial charge in [0.2, 0.25) is 29.4 Å². The summed E-state index contributed by atoms with van der Waals surface area (Å²) in [5, 5.41) is 13.2. The number of Topliss-reactive ketones (excluding diaryl/α,β-unsaturated/α-hetero) is 1. The van der Waals surface area contributed by atoms with Crippen molar-refractivity contribution >= 4 is 41.4 Å². The lowest BCUT2D eigenvalue weighted by atomic mass is 9.50. The maximum absolute atomic E-state index is 14.1. The van der Waals surface area contributed by atoms with E-state index in [0.29, 0.717) is 36.3 Å². The molecule has 0 saturated heterocycles. The van der Waals surface area contributed by atoms with Crippen LogP contribution in [-0.2, 0) is 33.5 Å². The van der Waals surface area contributed by atoms with Gasteiger partial charge in [0, 0.05) is 5.41 Å². The van der Waals surface area contributed by atoms with E-state index in [1.807, 2.05) is 13.8 Å². The topological polar surface area (TPSA) is 215 Å². The van der Waals surface area contributed by atoms with Crippen LogP contribution in [0.3, 0.4) is 0 Å². The number of ether oxygens (including phenoxy) is 1. The van der Waals surface area contributed by atoms with Gasteiger partial charge in [0.1, 0.15) is 18.1 Å². The second kappa shape index (κ2) is 19.6. The summed E-state index contributed by atoms with van der Waals surface area (Å²) in [6, 6.07) is 4.03. The minimum Gasteiger partial charge on any atom is -0.449 e. The highest BCUT2D eigenvalue weighted by molar-refractivity contribution is 6.38. The number of amides is 6. The molecule has 5 aliphatic rings. The molecule has 4 atom stereocenters. The van der Waals surface area contributed by atoms with E-state index >= 15 is 0 Å². The first-order valence-corrected chi connectivity index (χ1v) is 20.8. The molecule has 14 nitrogen and oxygen atoms in total. The summed E-state index contributed by atoms with van der Waals surface area (Å²) < 4.78 is 5.90. The molecule has 0 radical (unpaired) electrons. The average molecular weight is 779 g/mol. The van der Waals surface area contributed by atoms with Crippen LogP contribution < -0.4 is 32.3 Å². The first kappa shape index (κ1) is 42.6. The maximum Gasteiger partial charge on any atom is 0.407 e. The van der Waals surface area contributed by atoms with Crippen LogP contribution in [0.15, 0.2) is 30.3 Å². The van der Waals surface area contributed by atoms with Crippen LogP contribution in [-0.4, -0.2) is 72.7 Å². The Morgan fingerprint density at radius 2 is 1.41 bits per heavy atom. The molecule has 5 saturated carbocycles. The van der Waals surface area contributed by atoms with Crippen LogP contribution in [0, 0.1) is 35.0 Å². The molecule has 7 N–H and O–H groups in total. The number of hydrogen-bond donors (Lipinski definition) is 6. The Balaban J connectivity index is 1.18. The smallest absolute Gasteiger partial charge is 0.407 e. The standard InChI is InChI=1S/C42H62N6O8/c1-4-11-31(36(50)40(54)44-23-33(49)47-34(37(43)51)29-12-7-5-8-13-29)45-38(52)32(16-25(2)3)46-39(53)35(30-14-9-6-10-15-30)48-41(55)56-24-42-20-26-17-27(21-42)19-28(18-26)22-42/h5,7-8,12-13,25-28,30-32,34-35H,4,6,9-11,14-24H2,1-3H3,(H2,43,51)(H,44,54)(H,45,52)(H,46,53)(H,47,49)(H,48,55)/t26?,27?,28?,31?,32-,34-,35-,42?/m0/s1. The molecule has 0 heterocycles. The third-order valence-electron chi connectivity index (χ3n) is 12.3. The van der Waals surface area contributed by atoms with E-state index < -0.39 is 72.1 Å². The summed E-state index contributed by atoms with van der Waals surface area (Å²) in [4.78, 5) is 92.1. The maximum atomic E-state index is 14.1. The molecule has 1 unspecified atom stereocenters. The summed E-state index contributed by atoms with van der Waals surface area (Å²) in [6.07, 6.45) is 11.8. The van der Waals surface area contributed by atoms with Crippen molar-refractivity contribution in [2.75, 3.05) is 13.2 Å². The molecular formula is C42H62N6O8. The van der Waals surface area contributed by atoms with E-state index in [9.17, 15) is 33.6 Å². The minimum absolute atomic E-state index is 0.0281. The fourth-order valence-electron chi connectivity index (χ4n) is 10.1. The van der Waals surface area contributed by atoms with Crippen LogP contribution in [0.4, 0.5) is 4.79 Å². The molecule has 0 aromatic heterocycles. The predicted octanol–water partition coefficient (Wildman–Crippen LogP) is 3.72. The van der Waals surface area contributed by atoms with Crippen molar-refractivity contribution in [2.24, 2.45) is 40.7 Å². The third kappa shape index (κ3) is 11.5. The number of nitrogens with one attached hydrogen (secondary N) is 5. The SMILES string of the molecule is CCCC(NC(=O)[C@H](CC(C)C)NC(=O)[C@@H](NC(=O)OCC12CC3CC(CC(C3)C1)C2)C1CCCCC1)C(=O)C(=O)NCC(=O)N[C@H](C(N)=O)c1ccccc1. The fraction of sp³-hybridized carbons (Fsp3) is 0.690. The van der Waals surface area contributed by atoms with E-state index in [-0.39, 0.29) is 30.1 Å². The zero-order valence-corrected chi connectivity index (χ0v) is 33.2. The molecule has 5 fully saturated rings. The van der Waals surface area contributed by atoms with Crippen molar-refractivity contribution in [1.82, 2.24) is 26.6 Å². The molecule has 1 aromatic carbocycles. The molecule has 4 bridgehead atoms. The summed E-state index contributed by atoms with van der Waals surface area (Å²) in [6.45, 7) is 5.34. The third-order valence-corrected chi connectivity index (χ3v) is 12.3. The van der Waals surface area contributed by atoms with Crippen LogP contribution in [0.2, 0.25) is 0 Å². The van der Waals surface area contributed by atoms with Gasteiger partial charge in [-0.15, -0.1) is 0 Å². The second-order valence-electron chi connectivity index (χ2n) is 17.4. The van der Waals surface area contributed by atoms with E-state index in [1.54, 1.807) is 37.3 Å². The number of nitrogens with two attached hydrogens (primary N) is 1. The Kier molecular flexibility index (Phi) is 14.9. The lowest BCUT2D eigenvalue weighted by Gasteiger charge is -2.56. The van der Waals surface area contributed by atoms with Crippen molar-refractivity contribution in [1.29, 1.82) is 0 Å². The molecule has 1 aromatic rings. The van der Waals surface area contributed by atoms with Gasteiger partial charge in [0.15, 0.2) is 0 Å². The van der Waals surface area contributed by atoms with Gasteiger partial charge >= 0.3 is 6.09 Å². The van der Waals surface area contributed by atoms with E-state index in [0.717, 1.165) is 51.4 Å². The van der Waals surface area contributed by atoms with Gasteiger partial charge < -0.3 is 37.1 Å². The highest BCUT2D eigenvalue weighted by Gasteiger charge is 2.51. The molecule has 14 heteroatoms. The van der Waals surface area contributed by atoms with Gasteiger partial charge in [0.05, 0.1) is 19.2 Å². The quantitative estimate of drug-likeness (QED) is 0.114. The number of benzene rings is 1. The highest BCUT2D eigenvalue weighted by Crippen LogP contribution is 2.60. The molecule has 56 heavy (non-hydrogen) atoms. The minimum atomic E-state index is -1.23. The first-order chi connectivity index (χ1) is 26.8. The molecule has 6 amide bonds. The monoisotopic (exact) mass is 778 g/mol. The van der Waals surface area contributed by atoms with Crippen LogP contribution in [0.5, 0.6) is 0 Å². The zero-order chi connectivity index (χ0) is 40.4. The molecule has 308 valence electrons. The fourth-order valence-corrected chi connectivity index (χ4v) is 10.1. The van der Waals surface area contributed by atoms with Crippen LogP contribution in [0.25, 0.3) is 0 Å². The summed E-state index contributed by atoms with van der Waals surface area (Å²) in [7, 11) is 0. The van der Waals surface area contributed by atoms with Gasteiger partial charge in [-0.25, -0.2) is 4.79 Å². The lowest BCUT2D eigenvalue weighted by Crippen LogP contribution is -2.58. The Morgan fingerprint density at radius 1 is 0.804 bits per heavy atom. The van der Waals surface area contributed by atoms with Crippen molar-refractivity contribution in [3.8, 4) is 0 Å². The molecule has 0 aliphatic heterocycles. The zero-order valence-electron chi connectivity index (χ0n) is 33.2. The van der Waals surface area contributed by atoms with Gasteiger partial charge in [-0.1, -0.05) is 76.8 Å². The van der Waals surface area contributed by atoms with Crippen LogP contribution >= 0.6 is 0 Å². The van der Waals surface area contributed by atoms with Crippen molar-refractivity contribution < 1.29 is 38.3 Å². The van der Waals surface area contributed by atoms with Crippen molar-refractivity contribution in [2.45, 2.75) is 135 Å². The highest BCUT2D eigenvalue weighted by atomic mass is 16.5. The predicted molar refractivity (Wildman–Crippen MR) is 208 cm³/mol. The van der Waals surface area contributed by atoms with E-state index in [2.05, 4.69) is 26.6 Å². The number of ketones is 1. The number of carbonyl (C=O) groups excluding carboxylic acids is 7. The lowest BCUT2D eigenvalue weighted by molar-refractivity contribution is -0.141. The van der Waals surface area contributed by atoms with Crippen molar-refractivity contribution in [3.63, 3.8) is 0 Å². The first-order valence-electron chi connectivity index (χ1n) is 20.8. The van der Waals surface area contributed by atoms with E-state index in [4.69, 9.17) is 10.5 Å². The Labute approximate surface area is 330 Å². The molecule has 0 spiro atoms. The number of hydrogen-bond acceptors (Lipinski definition) is 8. The normalized spacial score (nSPS) is 24.9. The van der Waals surface area contributed by atoms with Gasteiger partial charge in [-0.2, -0.15) is 0 Å². The second-order valence-corrected chi connectivity index (χ2v) is 17.4. The van der Waals surface area contributed by atoms with Crippen molar-refractivity contribution in [3.05, 3.63) is 35.9 Å². The Hall–Kier alpha value is -4.49. The average Bonchev–Trinajstić information content (AvgIpc) is 3.16. The van der Waals surface area contributed by atoms with Gasteiger partial charge in [0.25, 0.3) is 5.91 Å². The Bertz CT molecular complexity index is 1540. The van der Waals surface area contributed by atoms with E-state index in [1.165, 1.54) is 19.3 Å². The number of carbonyl (C=O) groups is 7. The van der Waals surface area contributed by atoms with Gasteiger partial charge in [-0.05, 0) is 99.4 Å². The molecular weight excluding hydrogens is 716 g/mol. The summed E-state index contributed by atoms with van der Waals surface area (Å²) in [5.74, 6) is -2.72. The number of primary amides is 1. The molecule has 6 rings (SSSR count). The molecule has 5 aliphatic carbocycles. The number of rotatable bonds is 19. The van der Waals surface area contributed by atoms with Crippen LogP contribution in [0.1, 0.15) is 122 Å². The largest absolute Gasteiger partial charge is 0.449 e. The summed E-state index contributed by atoms with van der Waals surface area (Å²) >= 11 is 0. The number of alkyl carbamates (subject to hydrolysis) is 1. The summed E-state index contributed by atoms with van der Waals surface area (Å²) in [5.41, 5.74) is 5.96.